The lowest BCUT2D eigenvalue weighted by Crippen LogP contribution is -2.45. The van der Waals surface area contributed by atoms with E-state index in [1.54, 1.807) is 25.4 Å². The molecule has 0 aliphatic carbocycles. The van der Waals surface area contributed by atoms with Gasteiger partial charge in [-0.3, -0.25) is 4.79 Å². The largest absolute Gasteiger partial charge is 0.497 e. The first-order valence-electron chi connectivity index (χ1n) is 12.2. The number of benzene rings is 2. The third-order valence-electron chi connectivity index (χ3n) is 6.27. The van der Waals surface area contributed by atoms with Gasteiger partial charge >= 0.3 is 0 Å². The molecule has 2 aromatic carbocycles. The van der Waals surface area contributed by atoms with Crippen molar-refractivity contribution in [1.29, 1.82) is 0 Å². The molecule has 1 aliphatic heterocycles. The summed E-state index contributed by atoms with van der Waals surface area (Å²) < 4.78 is 5.39. The summed E-state index contributed by atoms with van der Waals surface area (Å²) >= 11 is 0. The lowest BCUT2D eigenvalue weighted by atomic mass is 10.0. The molecule has 0 spiro atoms. The van der Waals surface area contributed by atoms with Crippen LogP contribution in [0.3, 0.4) is 0 Å². The van der Waals surface area contributed by atoms with Gasteiger partial charge in [-0.2, -0.15) is 15.0 Å². The van der Waals surface area contributed by atoms with Crippen LogP contribution in [-0.4, -0.2) is 71.0 Å². The molecule has 0 bridgehead atoms. The maximum Gasteiger partial charge on any atom is 0.233 e. The lowest BCUT2D eigenvalue weighted by molar-refractivity contribution is 0.0993. The maximum absolute atomic E-state index is 12.9. The highest BCUT2D eigenvalue weighted by Crippen LogP contribution is 2.25. The fraction of sp³-hybridized carbons (Fsp3) is 0.250. The quantitative estimate of drug-likeness (QED) is 0.366. The molecule has 1 fully saturated rings. The summed E-state index contributed by atoms with van der Waals surface area (Å²) in [5.74, 6) is 2.72. The topological polar surface area (TPSA) is 96.4 Å². The second kappa shape index (κ2) is 11.1. The molecule has 2 aromatic heterocycles. The van der Waals surface area contributed by atoms with Crippen molar-refractivity contribution in [2.24, 2.45) is 0 Å². The minimum atomic E-state index is 0.0162. The number of piperazine rings is 1. The van der Waals surface area contributed by atoms with Crippen LogP contribution in [0.25, 0.3) is 11.4 Å². The number of methoxy groups -OCH3 is 1. The fourth-order valence-electron chi connectivity index (χ4n) is 4.13. The molecular weight excluding hydrogens is 466 g/mol. The highest BCUT2D eigenvalue weighted by Gasteiger charge is 2.20. The molecule has 1 saturated heterocycles. The number of likely N-dealkylation sites (N-methyl/N-ethyl adjacent to an activating group) is 1. The average Bonchev–Trinajstić information content (AvgIpc) is 2.94. The van der Waals surface area contributed by atoms with Gasteiger partial charge in [0.1, 0.15) is 11.6 Å². The number of anilines is 3. The first kappa shape index (κ1) is 24.3. The van der Waals surface area contributed by atoms with Crippen molar-refractivity contribution in [2.75, 3.05) is 50.6 Å². The molecular formula is C28H29N7O2. The predicted molar refractivity (Wildman–Crippen MR) is 144 cm³/mol. The van der Waals surface area contributed by atoms with Crippen LogP contribution < -0.4 is 15.0 Å². The van der Waals surface area contributed by atoms with Gasteiger partial charge in [0.25, 0.3) is 0 Å². The number of ether oxygens (including phenoxy) is 1. The van der Waals surface area contributed by atoms with E-state index in [2.05, 4.69) is 32.1 Å². The van der Waals surface area contributed by atoms with Gasteiger partial charge in [0.2, 0.25) is 11.9 Å². The molecule has 9 heteroatoms. The van der Waals surface area contributed by atoms with Gasteiger partial charge in [0.15, 0.2) is 11.6 Å². The molecule has 37 heavy (non-hydrogen) atoms. The normalized spacial score (nSPS) is 13.8. The summed E-state index contributed by atoms with van der Waals surface area (Å²) in [5, 5.41) is 3.20. The number of hydrogen-bond donors (Lipinski definition) is 1. The van der Waals surface area contributed by atoms with Crippen LogP contribution in [0.5, 0.6) is 5.75 Å². The Morgan fingerprint density at radius 3 is 2.54 bits per heavy atom. The Balaban J connectivity index is 1.44. The number of aromatic nitrogens is 4. The highest BCUT2D eigenvalue weighted by atomic mass is 16.5. The fourth-order valence-corrected chi connectivity index (χ4v) is 4.13. The van der Waals surface area contributed by atoms with Gasteiger partial charge in [-0.1, -0.05) is 42.5 Å². The average molecular weight is 496 g/mol. The van der Waals surface area contributed by atoms with Gasteiger partial charge in [-0.25, -0.2) is 4.98 Å². The molecule has 0 saturated carbocycles. The monoisotopic (exact) mass is 495 g/mol. The number of hydrogen-bond acceptors (Lipinski definition) is 9. The molecule has 0 radical (unpaired) electrons. The first-order valence-corrected chi connectivity index (χ1v) is 12.2. The van der Waals surface area contributed by atoms with Gasteiger partial charge in [-0.05, 0) is 36.9 Å². The van der Waals surface area contributed by atoms with Crippen molar-refractivity contribution in [2.45, 2.75) is 6.42 Å². The first-order chi connectivity index (χ1) is 18.1. The van der Waals surface area contributed by atoms with E-state index in [1.807, 2.05) is 54.6 Å². The standard InChI is InChI=1S/C28H29N7O2/c1-34-13-15-35(16-14-34)28-32-26(22-9-6-10-23(18-22)37-2)31-27(33-28)30-25-19-21(11-12-29-25)24(36)17-20-7-4-3-5-8-20/h3-12,18-19H,13-17H2,1-2H3,(H,29,30,31,32,33). The van der Waals surface area contributed by atoms with E-state index in [1.165, 1.54) is 0 Å². The van der Waals surface area contributed by atoms with E-state index < -0.39 is 0 Å². The van der Waals surface area contributed by atoms with Crippen LogP contribution in [0, 0.1) is 0 Å². The maximum atomic E-state index is 12.9. The van der Waals surface area contributed by atoms with Crippen molar-refractivity contribution in [3.8, 4) is 17.1 Å². The van der Waals surface area contributed by atoms with E-state index in [-0.39, 0.29) is 5.78 Å². The van der Waals surface area contributed by atoms with E-state index >= 15 is 0 Å². The smallest absolute Gasteiger partial charge is 0.233 e. The molecule has 0 unspecified atom stereocenters. The summed E-state index contributed by atoms with van der Waals surface area (Å²) in [4.78, 5) is 35.9. The Bertz CT molecular complexity index is 1370. The number of carbonyl (C=O) groups excluding carboxylic acids is 1. The van der Waals surface area contributed by atoms with Crippen LogP contribution in [0.2, 0.25) is 0 Å². The molecule has 0 atom stereocenters. The van der Waals surface area contributed by atoms with Crippen molar-refractivity contribution >= 4 is 23.5 Å². The lowest BCUT2D eigenvalue weighted by Gasteiger charge is -2.32. The molecule has 5 rings (SSSR count). The number of carbonyl (C=O) groups is 1. The zero-order valence-corrected chi connectivity index (χ0v) is 21.0. The number of nitrogens with zero attached hydrogens (tertiary/aromatic N) is 6. The van der Waals surface area contributed by atoms with Crippen LogP contribution in [0.1, 0.15) is 15.9 Å². The van der Waals surface area contributed by atoms with E-state index in [4.69, 9.17) is 14.7 Å². The summed E-state index contributed by atoms with van der Waals surface area (Å²) in [6, 6.07) is 20.8. The third kappa shape index (κ3) is 6.07. The Labute approximate surface area is 216 Å². The Morgan fingerprint density at radius 1 is 0.946 bits per heavy atom. The number of Topliss-reactive ketones (excluding diaryl/α,β-unsaturated/α-hetero) is 1. The predicted octanol–water partition coefficient (Wildman–Crippen LogP) is 3.86. The summed E-state index contributed by atoms with van der Waals surface area (Å²) in [7, 11) is 3.74. The summed E-state index contributed by atoms with van der Waals surface area (Å²) in [5.41, 5.74) is 2.36. The van der Waals surface area contributed by atoms with Crippen molar-refractivity contribution in [3.05, 3.63) is 84.1 Å². The molecule has 1 N–H and O–H groups in total. The Kier molecular flexibility index (Phi) is 7.32. The molecule has 9 nitrogen and oxygen atoms in total. The number of pyridine rings is 1. The SMILES string of the molecule is COc1cccc(-c2nc(Nc3cc(C(=O)Cc4ccccc4)ccn3)nc(N3CCN(C)CC3)n2)c1. The van der Waals surface area contributed by atoms with Crippen LogP contribution in [0.15, 0.2) is 72.9 Å². The van der Waals surface area contributed by atoms with E-state index in [0.29, 0.717) is 35.5 Å². The van der Waals surface area contributed by atoms with E-state index in [9.17, 15) is 4.79 Å². The van der Waals surface area contributed by atoms with Crippen LogP contribution >= 0.6 is 0 Å². The van der Waals surface area contributed by atoms with Gasteiger partial charge in [-0.15, -0.1) is 0 Å². The minimum absolute atomic E-state index is 0.0162. The zero-order chi connectivity index (χ0) is 25.6. The summed E-state index contributed by atoms with van der Waals surface area (Å²) in [6.45, 7) is 3.49. The molecule has 1 aliphatic rings. The third-order valence-corrected chi connectivity index (χ3v) is 6.27. The summed E-state index contributed by atoms with van der Waals surface area (Å²) in [6.07, 6.45) is 1.94. The molecule has 188 valence electrons. The van der Waals surface area contributed by atoms with Gasteiger partial charge in [0.05, 0.1) is 7.11 Å². The highest BCUT2D eigenvalue weighted by molar-refractivity contribution is 5.98. The molecule has 4 aromatic rings. The number of rotatable bonds is 8. The Hall–Kier alpha value is -4.37. The van der Waals surface area contributed by atoms with Crippen LogP contribution in [-0.2, 0) is 6.42 Å². The van der Waals surface area contributed by atoms with Crippen molar-refractivity contribution in [1.82, 2.24) is 24.8 Å². The van der Waals surface area contributed by atoms with E-state index in [0.717, 1.165) is 43.1 Å². The Morgan fingerprint density at radius 2 is 1.76 bits per heavy atom. The molecule has 3 heterocycles. The minimum Gasteiger partial charge on any atom is -0.497 e. The number of ketones is 1. The van der Waals surface area contributed by atoms with Crippen molar-refractivity contribution in [3.63, 3.8) is 0 Å². The van der Waals surface area contributed by atoms with Crippen molar-refractivity contribution < 1.29 is 9.53 Å². The van der Waals surface area contributed by atoms with Gasteiger partial charge in [0, 0.05) is 49.9 Å². The second-order valence-electron chi connectivity index (χ2n) is 8.95. The molecule has 0 amide bonds. The second-order valence-corrected chi connectivity index (χ2v) is 8.95. The number of nitrogens with one attached hydrogen (secondary N) is 1. The van der Waals surface area contributed by atoms with Crippen LogP contribution in [0.4, 0.5) is 17.7 Å². The van der Waals surface area contributed by atoms with Gasteiger partial charge < -0.3 is 19.9 Å². The zero-order valence-electron chi connectivity index (χ0n) is 21.0.